The van der Waals surface area contributed by atoms with Gasteiger partial charge in [-0.15, -0.1) is 11.3 Å². The van der Waals surface area contributed by atoms with Crippen LogP contribution in [0.3, 0.4) is 0 Å². The summed E-state index contributed by atoms with van der Waals surface area (Å²) in [7, 11) is -2.19. The van der Waals surface area contributed by atoms with Gasteiger partial charge < -0.3 is 0 Å². The molecule has 164 valence electrons. The Morgan fingerprint density at radius 2 is 1.82 bits per heavy atom. The lowest BCUT2D eigenvalue weighted by Gasteiger charge is -2.20. The highest BCUT2D eigenvalue weighted by Gasteiger charge is 2.22. The molecule has 0 amide bonds. The van der Waals surface area contributed by atoms with Gasteiger partial charge in [-0.2, -0.15) is 5.10 Å². The van der Waals surface area contributed by atoms with Crippen LogP contribution in [0.25, 0.3) is 16.9 Å². The van der Waals surface area contributed by atoms with Crippen molar-refractivity contribution in [2.75, 3.05) is 11.4 Å². The van der Waals surface area contributed by atoms with Crippen LogP contribution in [-0.4, -0.2) is 35.8 Å². The quantitative estimate of drug-likeness (QED) is 0.338. The van der Waals surface area contributed by atoms with Crippen molar-refractivity contribution in [3.63, 3.8) is 0 Å². The summed E-state index contributed by atoms with van der Waals surface area (Å²) >= 11 is 1.37. The Morgan fingerprint density at radius 1 is 1.00 bits per heavy atom. The molecule has 0 spiro atoms. The highest BCUT2D eigenvalue weighted by atomic mass is 32.2. The van der Waals surface area contributed by atoms with E-state index in [1.165, 1.54) is 28.9 Å². The second-order valence-corrected chi connectivity index (χ2v) is 10.2. The first-order valence-corrected chi connectivity index (χ1v) is 12.3. The summed E-state index contributed by atoms with van der Waals surface area (Å²) in [6.07, 6.45) is 3.14. The number of fused-ring (bicyclic) bond motifs is 1. The monoisotopic (exact) mass is 474 g/mol. The van der Waals surface area contributed by atoms with Gasteiger partial charge >= 0.3 is 0 Å². The predicted molar refractivity (Wildman–Crippen MR) is 128 cm³/mol. The summed E-state index contributed by atoms with van der Waals surface area (Å²) in [6, 6.07) is 20.8. The molecule has 9 heteroatoms. The Balaban J connectivity index is 1.56. The molecule has 7 nitrogen and oxygen atoms in total. The minimum Gasteiger partial charge on any atom is -0.287 e. The van der Waals surface area contributed by atoms with Crippen molar-refractivity contribution in [2.45, 2.75) is 4.90 Å². The van der Waals surface area contributed by atoms with E-state index in [9.17, 15) is 13.2 Å². The molecule has 3 aromatic heterocycles. The van der Waals surface area contributed by atoms with Crippen molar-refractivity contribution in [3.8, 4) is 11.3 Å². The highest BCUT2D eigenvalue weighted by Crippen LogP contribution is 2.28. The van der Waals surface area contributed by atoms with Crippen LogP contribution in [0.4, 0.5) is 5.69 Å². The number of ketones is 1. The average molecular weight is 475 g/mol. The van der Waals surface area contributed by atoms with E-state index in [4.69, 9.17) is 0 Å². The maximum atomic E-state index is 13.0. The van der Waals surface area contributed by atoms with E-state index < -0.39 is 10.0 Å². The molecule has 33 heavy (non-hydrogen) atoms. The smallest absolute Gasteiger partial charge is 0.264 e. The third-order valence-corrected chi connectivity index (χ3v) is 7.97. The lowest BCUT2D eigenvalue weighted by molar-refractivity contribution is 0.104. The van der Waals surface area contributed by atoms with Crippen LogP contribution in [0.5, 0.6) is 0 Å². The number of aromatic nitrogens is 3. The van der Waals surface area contributed by atoms with Gasteiger partial charge in [0, 0.05) is 18.8 Å². The molecule has 5 rings (SSSR count). The van der Waals surface area contributed by atoms with Gasteiger partial charge in [-0.25, -0.2) is 17.9 Å². The van der Waals surface area contributed by atoms with Crippen molar-refractivity contribution < 1.29 is 13.2 Å². The van der Waals surface area contributed by atoms with Gasteiger partial charge in [-0.05, 0) is 41.8 Å². The SMILES string of the molecule is CN(c1cccc(-c2ccnc3c(C(=O)c4cccs4)cnn23)c1)S(=O)(=O)c1ccccc1. The molecule has 0 aliphatic heterocycles. The normalized spacial score (nSPS) is 11.5. The molecule has 0 unspecified atom stereocenters. The van der Waals surface area contributed by atoms with Crippen molar-refractivity contribution >= 4 is 38.5 Å². The fourth-order valence-electron chi connectivity index (χ4n) is 3.56. The van der Waals surface area contributed by atoms with Crippen molar-refractivity contribution in [2.24, 2.45) is 0 Å². The minimum atomic E-state index is -3.71. The standard InChI is InChI=1S/C24H18N4O3S2/c1-27(33(30,31)19-9-3-2-4-10-19)18-8-5-7-17(15-18)21-12-13-25-24-20(16-26-28(21)24)23(29)22-11-6-14-32-22/h2-16H,1H3. The maximum Gasteiger partial charge on any atom is 0.264 e. The number of anilines is 1. The zero-order chi connectivity index (χ0) is 23.0. The zero-order valence-electron chi connectivity index (χ0n) is 17.5. The Morgan fingerprint density at radius 3 is 2.58 bits per heavy atom. The summed E-state index contributed by atoms with van der Waals surface area (Å²) < 4.78 is 28.9. The summed E-state index contributed by atoms with van der Waals surface area (Å²) in [6.45, 7) is 0. The predicted octanol–water partition coefficient (Wildman–Crippen LogP) is 4.51. The lowest BCUT2D eigenvalue weighted by atomic mass is 10.1. The van der Waals surface area contributed by atoms with Crippen LogP contribution in [0.1, 0.15) is 15.2 Å². The molecule has 0 atom stereocenters. The highest BCUT2D eigenvalue weighted by molar-refractivity contribution is 7.92. The van der Waals surface area contributed by atoms with Gasteiger partial charge in [-0.1, -0.05) is 36.4 Å². The van der Waals surface area contributed by atoms with Gasteiger partial charge in [0.2, 0.25) is 5.78 Å². The van der Waals surface area contributed by atoms with Crippen LogP contribution in [-0.2, 0) is 10.0 Å². The Labute approximate surface area is 194 Å². The first-order valence-electron chi connectivity index (χ1n) is 10.0. The van der Waals surface area contributed by atoms with Crippen molar-refractivity contribution in [1.29, 1.82) is 0 Å². The van der Waals surface area contributed by atoms with Crippen LogP contribution < -0.4 is 4.31 Å². The number of sulfonamides is 1. The second kappa shape index (κ2) is 8.27. The van der Waals surface area contributed by atoms with Gasteiger partial charge in [0.05, 0.1) is 32.9 Å². The fraction of sp³-hybridized carbons (Fsp3) is 0.0417. The number of carbonyl (C=O) groups excluding carboxylic acids is 1. The molecular formula is C24H18N4O3S2. The molecule has 3 heterocycles. The molecule has 0 N–H and O–H groups in total. The van der Waals surface area contributed by atoms with E-state index >= 15 is 0 Å². The summed E-state index contributed by atoms with van der Waals surface area (Å²) in [5.74, 6) is -0.132. The molecule has 0 saturated heterocycles. The molecule has 0 saturated carbocycles. The minimum absolute atomic E-state index is 0.132. The number of hydrogen-bond acceptors (Lipinski definition) is 6. The van der Waals surface area contributed by atoms with Crippen molar-refractivity contribution in [1.82, 2.24) is 14.6 Å². The van der Waals surface area contributed by atoms with E-state index in [-0.39, 0.29) is 10.7 Å². The number of rotatable bonds is 6. The maximum absolute atomic E-state index is 13.0. The fourth-order valence-corrected chi connectivity index (χ4v) is 5.45. The van der Waals surface area contributed by atoms with Crippen molar-refractivity contribution in [3.05, 3.63) is 101 Å². The molecule has 2 aromatic carbocycles. The molecule has 0 radical (unpaired) electrons. The Hall–Kier alpha value is -3.82. The largest absolute Gasteiger partial charge is 0.287 e. The summed E-state index contributed by atoms with van der Waals surface area (Å²) in [5.41, 5.74) is 2.80. The summed E-state index contributed by atoms with van der Waals surface area (Å²) in [4.78, 5) is 18.1. The van der Waals surface area contributed by atoms with E-state index in [2.05, 4.69) is 10.1 Å². The third kappa shape index (κ3) is 3.71. The zero-order valence-corrected chi connectivity index (χ0v) is 19.1. The van der Waals surface area contributed by atoms with Crippen LogP contribution >= 0.6 is 11.3 Å². The van der Waals surface area contributed by atoms with E-state index in [0.717, 1.165) is 5.56 Å². The Bertz CT molecular complexity index is 1560. The number of thiophene rings is 1. The van der Waals surface area contributed by atoms with Gasteiger partial charge in [-0.3, -0.25) is 9.10 Å². The number of hydrogen-bond donors (Lipinski definition) is 0. The van der Waals surface area contributed by atoms with Gasteiger partial charge in [0.1, 0.15) is 0 Å². The first kappa shape index (κ1) is 21.0. The number of nitrogens with zero attached hydrogens (tertiary/aromatic N) is 4. The van der Waals surface area contributed by atoms with Gasteiger partial charge in [0.15, 0.2) is 5.65 Å². The molecular weight excluding hydrogens is 456 g/mol. The first-order chi connectivity index (χ1) is 16.0. The second-order valence-electron chi connectivity index (χ2n) is 7.27. The molecule has 0 bridgehead atoms. The number of benzene rings is 2. The summed E-state index contributed by atoms with van der Waals surface area (Å²) in [5, 5.41) is 6.25. The lowest BCUT2D eigenvalue weighted by Crippen LogP contribution is -2.26. The number of carbonyl (C=O) groups is 1. The van der Waals surface area contributed by atoms with Crippen LogP contribution in [0.2, 0.25) is 0 Å². The third-order valence-electron chi connectivity index (χ3n) is 5.30. The van der Waals surface area contributed by atoms with Gasteiger partial charge in [0.25, 0.3) is 10.0 Å². The van der Waals surface area contributed by atoms with Crippen LogP contribution in [0.15, 0.2) is 95.5 Å². The van der Waals surface area contributed by atoms with E-state index in [1.54, 1.807) is 71.4 Å². The molecule has 5 aromatic rings. The Kier molecular flexibility index (Phi) is 5.27. The average Bonchev–Trinajstić information content (AvgIpc) is 3.54. The molecule has 0 aliphatic carbocycles. The van der Waals surface area contributed by atoms with E-state index in [1.807, 2.05) is 17.5 Å². The van der Waals surface area contributed by atoms with E-state index in [0.29, 0.717) is 27.5 Å². The van der Waals surface area contributed by atoms with Crippen LogP contribution in [0, 0.1) is 0 Å². The molecule has 0 fully saturated rings. The topological polar surface area (TPSA) is 84.6 Å². The molecule has 0 aliphatic rings.